The molecule has 17 heavy (non-hydrogen) atoms. The third kappa shape index (κ3) is 3.05. The summed E-state index contributed by atoms with van der Waals surface area (Å²) in [6, 6.07) is 0. The number of piperidine rings is 1. The van der Waals surface area contributed by atoms with Crippen molar-refractivity contribution in [2.45, 2.75) is 19.3 Å². The Balaban J connectivity index is 0.000000722. The summed E-state index contributed by atoms with van der Waals surface area (Å²) in [5, 5.41) is 6.79. The van der Waals surface area contributed by atoms with Gasteiger partial charge in [-0.2, -0.15) is 0 Å². The summed E-state index contributed by atoms with van der Waals surface area (Å²) >= 11 is 1.77. The van der Waals surface area contributed by atoms with Gasteiger partial charge in [0, 0.05) is 36.6 Å². The van der Waals surface area contributed by atoms with Gasteiger partial charge >= 0.3 is 0 Å². The topological polar surface area (TPSA) is 28.2 Å². The van der Waals surface area contributed by atoms with Crippen molar-refractivity contribution >= 4 is 41.3 Å². The molecule has 1 unspecified atom stereocenters. The molecule has 1 atom stereocenters. The van der Waals surface area contributed by atoms with E-state index in [0.717, 1.165) is 0 Å². The molecule has 3 nitrogen and oxygen atoms in total. The zero-order valence-electron chi connectivity index (χ0n) is 9.72. The normalized spacial score (nSPS) is 27.6. The molecular formula is C11H19Cl2N3S. The summed E-state index contributed by atoms with van der Waals surface area (Å²) in [4.78, 5) is 6.89. The van der Waals surface area contributed by atoms with Crippen molar-refractivity contribution in [1.82, 2.24) is 10.3 Å². The zero-order valence-corrected chi connectivity index (χ0v) is 12.2. The van der Waals surface area contributed by atoms with Gasteiger partial charge in [-0.15, -0.1) is 36.2 Å². The lowest BCUT2D eigenvalue weighted by molar-refractivity contribution is 0.261. The summed E-state index contributed by atoms with van der Waals surface area (Å²) in [6.45, 7) is 4.80. The van der Waals surface area contributed by atoms with Crippen molar-refractivity contribution in [1.29, 1.82) is 0 Å². The van der Waals surface area contributed by atoms with Crippen LogP contribution in [0.15, 0.2) is 11.6 Å². The maximum Gasteiger partial charge on any atom is 0.185 e. The van der Waals surface area contributed by atoms with E-state index < -0.39 is 0 Å². The Morgan fingerprint density at radius 1 is 1.35 bits per heavy atom. The van der Waals surface area contributed by atoms with E-state index in [-0.39, 0.29) is 24.8 Å². The van der Waals surface area contributed by atoms with E-state index in [1.807, 2.05) is 6.20 Å². The van der Waals surface area contributed by atoms with Gasteiger partial charge in [-0.3, -0.25) is 0 Å². The molecule has 1 spiro atoms. The van der Waals surface area contributed by atoms with Crippen LogP contribution < -0.4 is 10.2 Å². The molecule has 2 aliphatic rings. The molecule has 98 valence electrons. The van der Waals surface area contributed by atoms with Crippen LogP contribution in [0.5, 0.6) is 0 Å². The van der Waals surface area contributed by atoms with Crippen LogP contribution in [0.25, 0.3) is 0 Å². The van der Waals surface area contributed by atoms with E-state index in [1.54, 1.807) is 11.3 Å². The van der Waals surface area contributed by atoms with Crippen molar-refractivity contribution in [3.8, 4) is 0 Å². The highest BCUT2D eigenvalue weighted by atomic mass is 35.5. The van der Waals surface area contributed by atoms with E-state index in [1.165, 1.54) is 50.6 Å². The molecule has 3 rings (SSSR count). The zero-order chi connectivity index (χ0) is 10.1. The minimum atomic E-state index is 0. The van der Waals surface area contributed by atoms with E-state index in [2.05, 4.69) is 20.6 Å². The molecule has 0 radical (unpaired) electrons. The first kappa shape index (κ1) is 15.0. The standard InChI is InChI=1S/C11H17N3S.2ClH/c1-2-11(3-4-12-8-11)9-14(6-1)10-13-5-7-15-10;;/h5,7,12H,1-4,6,8-9H2;2*1H. The van der Waals surface area contributed by atoms with Crippen LogP contribution in [-0.4, -0.2) is 31.2 Å². The van der Waals surface area contributed by atoms with Crippen LogP contribution in [0.4, 0.5) is 5.13 Å². The molecule has 6 heteroatoms. The molecule has 2 saturated heterocycles. The summed E-state index contributed by atoms with van der Waals surface area (Å²) in [6.07, 6.45) is 5.96. The van der Waals surface area contributed by atoms with Crippen LogP contribution in [-0.2, 0) is 0 Å². The van der Waals surface area contributed by atoms with Crippen LogP contribution in [0, 0.1) is 5.41 Å². The number of nitrogens with zero attached hydrogens (tertiary/aromatic N) is 2. The second-order valence-electron chi connectivity index (χ2n) is 4.77. The average molecular weight is 296 g/mol. The number of halogens is 2. The van der Waals surface area contributed by atoms with Crippen LogP contribution in [0.1, 0.15) is 19.3 Å². The second kappa shape index (κ2) is 6.23. The summed E-state index contributed by atoms with van der Waals surface area (Å²) in [7, 11) is 0. The Hall–Kier alpha value is -0.0300. The van der Waals surface area contributed by atoms with Crippen molar-refractivity contribution in [3.63, 3.8) is 0 Å². The Labute approximate surface area is 119 Å². The summed E-state index contributed by atoms with van der Waals surface area (Å²) in [5.41, 5.74) is 0.546. The summed E-state index contributed by atoms with van der Waals surface area (Å²) in [5.74, 6) is 0. The monoisotopic (exact) mass is 295 g/mol. The van der Waals surface area contributed by atoms with Gasteiger partial charge < -0.3 is 10.2 Å². The van der Waals surface area contributed by atoms with Crippen molar-refractivity contribution in [2.24, 2.45) is 5.41 Å². The van der Waals surface area contributed by atoms with Gasteiger partial charge in [0.15, 0.2) is 5.13 Å². The predicted octanol–water partition coefficient (Wildman–Crippen LogP) is 2.57. The van der Waals surface area contributed by atoms with Gasteiger partial charge in [0.2, 0.25) is 0 Å². The van der Waals surface area contributed by atoms with Gasteiger partial charge in [-0.1, -0.05) is 0 Å². The number of anilines is 1. The maximum atomic E-state index is 4.42. The van der Waals surface area contributed by atoms with Crippen molar-refractivity contribution in [3.05, 3.63) is 11.6 Å². The lowest BCUT2D eigenvalue weighted by Crippen LogP contribution is -2.44. The number of thiazole rings is 1. The molecule has 1 N–H and O–H groups in total. The number of rotatable bonds is 1. The fraction of sp³-hybridized carbons (Fsp3) is 0.727. The highest BCUT2D eigenvalue weighted by Crippen LogP contribution is 2.37. The minimum Gasteiger partial charge on any atom is -0.347 e. The van der Waals surface area contributed by atoms with E-state index in [4.69, 9.17) is 0 Å². The molecule has 1 aromatic heterocycles. The van der Waals surface area contributed by atoms with Crippen LogP contribution in [0.3, 0.4) is 0 Å². The van der Waals surface area contributed by atoms with Gasteiger partial charge in [0.25, 0.3) is 0 Å². The van der Waals surface area contributed by atoms with Gasteiger partial charge in [0.05, 0.1) is 0 Å². The molecule has 3 heterocycles. The Kier molecular flexibility index (Phi) is 5.51. The lowest BCUT2D eigenvalue weighted by atomic mass is 9.79. The third-order valence-electron chi connectivity index (χ3n) is 3.68. The second-order valence-corrected chi connectivity index (χ2v) is 5.64. The van der Waals surface area contributed by atoms with Gasteiger partial charge in [-0.25, -0.2) is 4.98 Å². The fourth-order valence-electron chi connectivity index (χ4n) is 2.89. The molecule has 0 aromatic carbocycles. The molecule has 1 aromatic rings. The van der Waals surface area contributed by atoms with Crippen molar-refractivity contribution in [2.75, 3.05) is 31.1 Å². The van der Waals surface area contributed by atoms with Crippen LogP contribution >= 0.6 is 36.2 Å². The Morgan fingerprint density at radius 3 is 2.88 bits per heavy atom. The lowest BCUT2D eigenvalue weighted by Gasteiger charge is -2.39. The Bertz CT molecular complexity index is 325. The van der Waals surface area contributed by atoms with E-state index in [0.29, 0.717) is 5.41 Å². The molecule has 2 aliphatic heterocycles. The number of hydrogen-bond acceptors (Lipinski definition) is 4. The number of hydrogen-bond donors (Lipinski definition) is 1. The van der Waals surface area contributed by atoms with Crippen molar-refractivity contribution < 1.29 is 0 Å². The molecule has 0 bridgehead atoms. The molecule has 0 saturated carbocycles. The quantitative estimate of drug-likeness (QED) is 0.863. The van der Waals surface area contributed by atoms with E-state index >= 15 is 0 Å². The highest BCUT2D eigenvalue weighted by Gasteiger charge is 2.38. The molecule has 2 fully saturated rings. The molecule has 0 amide bonds. The average Bonchev–Trinajstić information content (AvgIpc) is 2.89. The smallest absolute Gasteiger partial charge is 0.185 e. The predicted molar refractivity (Wildman–Crippen MR) is 78.0 cm³/mol. The van der Waals surface area contributed by atoms with E-state index in [9.17, 15) is 0 Å². The first-order valence-electron chi connectivity index (χ1n) is 5.73. The largest absolute Gasteiger partial charge is 0.347 e. The first-order chi connectivity index (χ1) is 7.38. The highest BCUT2D eigenvalue weighted by molar-refractivity contribution is 7.13. The number of nitrogens with one attached hydrogen (secondary N) is 1. The fourth-order valence-corrected chi connectivity index (χ4v) is 3.56. The van der Waals surface area contributed by atoms with Gasteiger partial charge in [-0.05, 0) is 25.8 Å². The number of aromatic nitrogens is 1. The Morgan fingerprint density at radius 2 is 2.24 bits per heavy atom. The molecule has 0 aliphatic carbocycles. The summed E-state index contributed by atoms with van der Waals surface area (Å²) < 4.78 is 0. The first-order valence-corrected chi connectivity index (χ1v) is 6.61. The minimum absolute atomic E-state index is 0. The molecular weight excluding hydrogens is 277 g/mol. The maximum absolute atomic E-state index is 4.42. The van der Waals surface area contributed by atoms with Gasteiger partial charge in [0.1, 0.15) is 0 Å². The van der Waals surface area contributed by atoms with Crippen LogP contribution in [0.2, 0.25) is 0 Å². The SMILES string of the molecule is Cl.Cl.c1csc(N2CCCC3(CCNC3)C2)n1. The third-order valence-corrected chi connectivity index (χ3v) is 4.52.